The predicted molar refractivity (Wildman–Crippen MR) is 102 cm³/mol. The van der Waals surface area contributed by atoms with E-state index in [0.717, 1.165) is 11.1 Å². The van der Waals surface area contributed by atoms with E-state index in [1.54, 1.807) is 12.0 Å². The zero-order chi connectivity index (χ0) is 19.7. The van der Waals surface area contributed by atoms with Crippen LogP contribution < -0.4 is 19.5 Å². The third-order valence-electron chi connectivity index (χ3n) is 5.01. The Morgan fingerprint density at radius 1 is 1.21 bits per heavy atom. The van der Waals surface area contributed by atoms with Crippen LogP contribution in [0.3, 0.4) is 0 Å². The maximum absolute atomic E-state index is 12.7. The number of anilines is 1. The van der Waals surface area contributed by atoms with Crippen molar-refractivity contribution in [3.05, 3.63) is 47.5 Å². The molecule has 7 nitrogen and oxygen atoms in total. The van der Waals surface area contributed by atoms with Gasteiger partial charge in [-0.25, -0.2) is 0 Å². The third kappa shape index (κ3) is 3.60. The first kappa shape index (κ1) is 18.2. The molecule has 1 unspecified atom stereocenters. The molecule has 1 fully saturated rings. The Morgan fingerprint density at radius 2 is 2.04 bits per heavy atom. The molecule has 1 N–H and O–H groups in total. The molecule has 2 aromatic carbocycles. The number of carbonyl (C=O) groups is 2. The second-order valence-electron chi connectivity index (χ2n) is 7.06. The van der Waals surface area contributed by atoms with Crippen LogP contribution in [0.25, 0.3) is 0 Å². The lowest BCUT2D eigenvalue weighted by Gasteiger charge is -2.17. The predicted octanol–water partition coefficient (Wildman–Crippen LogP) is 2.72. The fourth-order valence-electron chi connectivity index (χ4n) is 3.51. The number of likely N-dealkylation sites (tertiary alicyclic amines) is 1. The molecular weight excluding hydrogens is 360 g/mol. The number of hydrogen-bond acceptors (Lipinski definition) is 5. The van der Waals surface area contributed by atoms with Crippen molar-refractivity contribution in [3.8, 4) is 17.2 Å². The van der Waals surface area contributed by atoms with E-state index in [9.17, 15) is 9.59 Å². The molecule has 0 aliphatic carbocycles. The van der Waals surface area contributed by atoms with Gasteiger partial charge in [0.15, 0.2) is 11.5 Å². The van der Waals surface area contributed by atoms with Crippen molar-refractivity contribution in [2.75, 3.05) is 25.8 Å². The highest BCUT2D eigenvalue weighted by molar-refractivity contribution is 5.98. The van der Waals surface area contributed by atoms with Gasteiger partial charge < -0.3 is 24.4 Å². The SMILES string of the molecule is COc1ccc(C)cc1NC(=O)C1CC(=O)N(Cc2ccc3c(c2)OCO3)C1. The molecule has 2 aliphatic heterocycles. The summed E-state index contributed by atoms with van der Waals surface area (Å²) in [7, 11) is 1.56. The van der Waals surface area contributed by atoms with Gasteiger partial charge in [-0.15, -0.1) is 0 Å². The normalized spacial score (nSPS) is 17.7. The van der Waals surface area contributed by atoms with E-state index in [1.807, 2.05) is 43.3 Å². The van der Waals surface area contributed by atoms with Gasteiger partial charge in [0.05, 0.1) is 18.7 Å². The summed E-state index contributed by atoms with van der Waals surface area (Å²) in [6, 6.07) is 11.2. The Hall–Kier alpha value is -3.22. The van der Waals surface area contributed by atoms with Gasteiger partial charge in [0, 0.05) is 19.5 Å². The standard InChI is InChI=1S/C21H22N2O5/c1-13-3-5-17(26-2)16(7-13)22-21(25)15-9-20(24)23(11-15)10-14-4-6-18-19(8-14)28-12-27-18/h3-8,15H,9-12H2,1-2H3,(H,22,25). The maximum atomic E-state index is 12.7. The summed E-state index contributed by atoms with van der Waals surface area (Å²) in [5.41, 5.74) is 2.58. The van der Waals surface area contributed by atoms with Gasteiger partial charge in [-0.2, -0.15) is 0 Å². The summed E-state index contributed by atoms with van der Waals surface area (Å²) in [5.74, 6) is 1.39. The van der Waals surface area contributed by atoms with Crippen LogP contribution in [0.2, 0.25) is 0 Å². The van der Waals surface area contributed by atoms with E-state index in [-0.39, 0.29) is 25.0 Å². The van der Waals surface area contributed by atoms with Crippen LogP contribution in [-0.4, -0.2) is 37.2 Å². The Bertz CT molecular complexity index is 927. The Morgan fingerprint density at radius 3 is 2.86 bits per heavy atom. The molecule has 2 aromatic rings. The first-order chi connectivity index (χ1) is 13.5. The summed E-state index contributed by atoms with van der Waals surface area (Å²) in [5, 5.41) is 2.90. The molecule has 0 saturated carbocycles. The minimum absolute atomic E-state index is 0.0333. The lowest BCUT2D eigenvalue weighted by atomic mass is 10.1. The minimum atomic E-state index is -0.397. The van der Waals surface area contributed by atoms with Gasteiger partial charge in [0.2, 0.25) is 18.6 Å². The zero-order valence-corrected chi connectivity index (χ0v) is 15.9. The third-order valence-corrected chi connectivity index (χ3v) is 5.01. The number of nitrogens with zero attached hydrogens (tertiary/aromatic N) is 1. The summed E-state index contributed by atoms with van der Waals surface area (Å²) < 4.78 is 16.0. The van der Waals surface area contributed by atoms with Gasteiger partial charge in [0.1, 0.15) is 5.75 Å². The first-order valence-electron chi connectivity index (χ1n) is 9.15. The summed E-state index contributed by atoms with van der Waals surface area (Å²) in [6.45, 7) is 2.98. The fraction of sp³-hybridized carbons (Fsp3) is 0.333. The van der Waals surface area contributed by atoms with E-state index in [2.05, 4.69) is 5.32 Å². The second kappa shape index (κ2) is 7.42. The smallest absolute Gasteiger partial charge is 0.231 e. The molecule has 0 radical (unpaired) electrons. The molecule has 2 aliphatic rings. The van der Waals surface area contributed by atoms with Crippen molar-refractivity contribution in [1.82, 2.24) is 4.90 Å². The summed E-state index contributed by atoms with van der Waals surface area (Å²) in [6.07, 6.45) is 0.199. The molecule has 2 amide bonds. The number of methoxy groups -OCH3 is 1. The average molecular weight is 382 g/mol. The molecule has 28 heavy (non-hydrogen) atoms. The Balaban J connectivity index is 1.41. The Labute approximate surface area is 163 Å². The molecular formula is C21H22N2O5. The van der Waals surface area contributed by atoms with E-state index in [1.165, 1.54) is 0 Å². The first-order valence-corrected chi connectivity index (χ1v) is 9.15. The molecule has 0 spiro atoms. The van der Waals surface area contributed by atoms with E-state index in [4.69, 9.17) is 14.2 Å². The van der Waals surface area contributed by atoms with Crippen molar-refractivity contribution >= 4 is 17.5 Å². The number of hydrogen-bond donors (Lipinski definition) is 1. The van der Waals surface area contributed by atoms with Gasteiger partial charge in [-0.3, -0.25) is 9.59 Å². The van der Waals surface area contributed by atoms with Gasteiger partial charge >= 0.3 is 0 Å². The number of benzene rings is 2. The van der Waals surface area contributed by atoms with Crippen molar-refractivity contribution < 1.29 is 23.8 Å². The molecule has 7 heteroatoms. The van der Waals surface area contributed by atoms with Crippen molar-refractivity contribution in [1.29, 1.82) is 0 Å². The quantitative estimate of drug-likeness (QED) is 0.860. The van der Waals surface area contributed by atoms with Crippen molar-refractivity contribution in [2.24, 2.45) is 5.92 Å². The molecule has 146 valence electrons. The average Bonchev–Trinajstić information content (AvgIpc) is 3.28. The fourth-order valence-corrected chi connectivity index (χ4v) is 3.51. The van der Waals surface area contributed by atoms with Crippen LogP contribution >= 0.6 is 0 Å². The highest BCUT2D eigenvalue weighted by Gasteiger charge is 2.34. The number of nitrogens with one attached hydrogen (secondary N) is 1. The highest BCUT2D eigenvalue weighted by Crippen LogP contribution is 2.33. The van der Waals surface area contributed by atoms with Crippen LogP contribution in [0, 0.1) is 12.8 Å². The van der Waals surface area contributed by atoms with Gasteiger partial charge in [0.25, 0.3) is 0 Å². The largest absolute Gasteiger partial charge is 0.495 e. The molecule has 4 rings (SSSR count). The van der Waals surface area contributed by atoms with Crippen LogP contribution in [0.4, 0.5) is 5.69 Å². The van der Waals surface area contributed by atoms with Gasteiger partial charge in [-0.1, -0.05) is 12.1 Å². The van der Waals surface area contributed by atoms with Crippen LogP contribution in [0.15, 0.2) is 36.4 Å². The van der Waals surface area contributed by atoms with Crippen molar-refractivity contribution in [2.45, 2.75) is 19.9 Å². The van der Waals surface area contributed by atoms with Crippen LogP contribution in [0.5, 0.6) is 17.2 Å². The van der Waals surface area contributed by atoms with Gasteiger partial charge in [-0.05, 0) is 42.3 Å². The summed E-state index contributed by atoms with van der Waals surface area (Å²) in [4.78, 5) is 26.8. The topological polar surface area (TPSA) is 77.1 Å². The van der Waals surface area contributed by atoms with E-state index in [0.29, 0.717) is 36.0 Å². The monoisotopic (exact) mass is 382 g/mol. The van der Waals surface area contributed by atoms with E-state index >= 15 is 0 Å². The second-order valence-corrected chi connectivity index (χ2v) is 7.06. The highest BCUT2D eigenvalue weighted by atomic mass is 16.7. The number of aryl methyl sites for hydroxylation is 1. The molecule has 1 atom stereocenters. The number of ether oxygens (including phenoxy) is 3. The zero-order valence-electron chi connectivity index (χ0n) is 15.9. The molecule has 0 bridgehead atoms. The van der Waals surface area contributed by atoms with Crippen LogP contribution in [0.1, 0.15) is 17.5 Å². The molecule has 2 heterocycles. The Kier molecular flexibility index (Phi) is 4.81. The lowest BCUT2D eigenvalue weighted by molar-refractivity contribution is -0.128. The maximum Gasteiger partial charge on any atom is 0.231 e. The summed E-state index contributed by atoms with van der Waals surface area (Å²) >= 11 is 0. The number of carbonyl (C=O) groups excluding carboxylic acids is 2. The molecule has 1 saturated heterocycles. The minimum Gasteiger partial charge on any atom is -0.495 e. The van der Waals surface area contributed by atoms with E-state index < -0.39 is 5.92 Å². The molecule has 0 aromatic heterocycles. The number of amides is 2. The lowest BCUT2D eigenvalue weighted by Crippen LogP contribution is -2.28. The van der Waals surface area contributed by atoms with Crippen molar-refractivity contribution in [3.63, 3.8) is 0 Å². The number of fused-ring (bicyclic) bond motifs is 1. The van der Waals surface area contributed by atoms with Crippen LogP contribution in [-0.2, 0) is 16.1 Å². The number of rotatable bonds is 5.